The molecule has 1 saturated heterocycles. The molecule has 128 valence electrons. The van der Waals surface area contributed by atoms with Gasteiger partial charge in [-0.25, -0.2) is 9.37 Å². The molecule has 3 aromatic heterocycles. The molecule has 1 aliphatic rings. The first-order valence-corrected chi connectivity index (χ1v) is 8.38. The molecule has 0 atom stereocenters. The summed E-state index contributed by atoms with van der Waals surface area (Å²) in [6.07, 6.45) is 8.45. The Bertz CT molecular complexity index is 869. The number of hydrogen-bond donors (Lipinski definition) is 0. The number of aromatic nitrogens is 5. The van der Waals surface area contributed by atoms with Gasteiger partial charge in [-0.1, -0.05) is 0 Å². The summed E-state index contributed by atoms with van der Waals surface area (Å²) in [4.78, 5) is 10.8. The number of hydrogen-bond acceptors (Lipinski definition) is 5. The Kier molecular flexibility index (Phi) is 4.13. The summed E-state index contributed by atoms with van der Waals surface area (Å²) in [5.41, 5.74) is 1.27. The van der Waals surface area contributed by atoms with Crippen LogP contribution < -0.4 is 4.90 Å². The molecule has 0 aromatic carbocycles. The minimum absolute atomic E-state index is 0.279. The topological polar surface area (TPSA) is 59.7 Å². The van der Waals surface area contributed by atoms with Crippen molar-refractivity contribution in [2.75, 3.05) is 18.0 Å². The van der Waals surface area contributed by atoms with Crippen molar-refractivity contribution >= 4 is 5.82 Å². The van der Waals surface area contributed by atoms with Gasteiger partial charge in [0, 0.05) is 55.8 Å². The highest BCUT2D eigenvalue weighted by Gasteiger charge is 2.26. The van der Waals surface area contributed by atoms with Crippen molar-refractivity contribution in [2.45, 2.75) is 18.8 Å². The van der Waals surface area contributed by atoms with Crippen LogP contribution in [0.15, 0.2) is 43.1 Å². The summed E-state index contributed by atoms with van der Waals surface area (Å²) in [6, 6.07) is 5.11. The van der Waals surface area contributed by atoms with Crippen molar-refractivity contribution in [3.8, 4) is 11.1 Å². The molecule has 3 aromatic rings. The van der Waals surface area contributed by atoms with E-state index in [1.807, 2.05) is 23.7 Å². The zero-order chi connectivity index (χ0) is 17.2. The van der Waals surface area contributed by atoms with Crippen LogP contribution in [0.5, 0.6) is 0 Å². The fourth-order valence-electron chi connectivity index (χ4n) is 3.45. The molecule has 1 fully saturated rings. The molecule has 0 amide bonds. The van der Waals surface area contributed by atoms with E-state index in [2.05, 4.69) is 25.1 Å². The Morgan fingerprint density at radius 3 is 2.68 bits per heavy atom. The van der Waals surface area contributed by atoms with Gasteiger partial charge in [-0.05, 0) is 31.0 Å². The molecule has 0 bridgehead atoms. The number of halogens is 1. The lowest BCUT2D eigenvalue weighted by Gasteiger charge is -2.33. The van der Waals surface area contributed by atoms with E-state index in [0.717, 1.165) is 43.1 Å². The lowest BCUT2D eigenvalue weighted by molar-refractivity contribution is 0.472. The van der Waals surface area contributed by atoms with Crippen molar-refractivity contribution in [2.24, 2.45) is 7.05 Å². The van der Waals surface area contributed by atoms with Crippen LogP contribution in [0.3, 0.4) is 0 Å². The van der Waals surface area contributed by atoms with E-state index in [0.29, 0.717) is 11.5 Å². The standard InChI is InChI=1S/C18H19FN6/c1-24-12-22-23-17(24)13-5-9-25(10-6-13)18-14(3-2-7-21-18)15-11-20-8-4-16(15)19/h2-4,7-8,11-13H,5-6,9-10H2,1H3. The number of pyridine rings is 2. The first-order chi connectivity index (χ1) is 12.2. The molecule has 0 aliphatic carbocycles. The van der Waals surface area contributed by atoms with Gasteiger partial charge in [-0.15, -0.1) is 10.2 Å². The summed E-state index contributed by atoms with van der Waals surface area (Å²) in [7, 11) is 1.98. The number of nitrogens with zero attached hydrogens (tertiary/aromatic N) is 6. The SMILES string of the molecule is Cn1cnnc1C1CCN(c2ncccc2-c2cnccc2F)CC1. The van der Waals surface area contributed by atoms with E-state index in [9.17, 15) is 4.39 Å². The molecule has 0 radical (unpaired) electrons. The van der Waals surface area contributed by atoms with Gasteiger partial charge in [0.2, 0.25) is 0 Å². The largest absolute Gasteiger partial charge is 0.356 e. The monoisotopic (exact) mass is 338 g/mol. The lowest BCUT2D eigenvalue weighted by atomic mass is 9.95. The summed E-state index contributed by atoms with van der Waals surface area (Å²) in [6.45, 7) is 1.70. The van der Waals surface area contributed by atoms with Crippen LogP contribution in [0.1, 0.15) is 24.6 Å². The van der Waals surface area contributed by atoms with Gasteiger partial charge in [0.25, 0.3) is 0 Å². The third kappa shape index (κ3) is 2.97. The highest BCUT2D eigenvalue weighted by molar-refractivity contribution is 5.75. The van der Waals surface area contributed by atoms with E-state index in [1.54, 1.807) is 18.7 Å². The van der Waals surface area contributed by atoms with Crippen LogP contribution in [0.2, 0.25) is 0 Å². The lowest BCUT2D eigenvalue weighted by Crippen LogP contribution is -2.34. The second-order valence-electron chi connectivity index (χ2n) is 6.29. The third-order valence-electron chi connectivity index (χ3n) is 4.75. The first kappa shape index (κ1) is 15.7. The van der Waals surface area contributed by atoms with Crippen LogP contribution in [0.4, 0.5) is 10.2 Å². The molecule has 25 heavy (non-hydrogen) atoms. The van der Waals surface area contributed by atoms with Crippen LogP contribution in [-0.2, 0) is 7.05 Å². The molecule has 7 heteroatoms. The highest BCUT2D eigenvalue weighted by atomic mass is 19.1. The van der Waals surface area contributed by atoms with Crippen LogP contribution in [0.25, 0.3) is 11.1 Å². The first-order valence-electron chi connectivity index (χ1n) is 8.38. The van der Waals surface area contributed by atoms with Gasteiger partial charge in [0.05, 0.1) is 0 Å². The van der Waals surface area contributed by atoms with E-state index >= 15 is 0 Å². The maximum absolute atomic E-state index is 14.2. The fourth-order valence-corrected chi connectivity index (χ4v) is 3.45. The van der Waals surface area contributed by atoms with Crippen molar-refractivity contribution in [3.05, 3.63) is 54.8 Å². The third-order valence-corrected chi connectivity index (χ3v) is 4.75. The Morgan fingerprint density at radius 1 is 1.12 bits per heavy atom. The summed E-state index contributed by atoms with van der Waals surface area (Å²) < 4.78 is 16.2. The molecular formula is C18H19FN6. The summed E-state index contributed by atoms with van der Waals surface area (Å²) in [5, 5.41) is 8.21. The van der Waals surface area contributed by atoms with E-state index in [-0.39, 0.29) is 5.82 Å². The number of anilines is 1. The van der Waals surface area contributed by atoms with Gasteiger partial charge in [0.1, 0.15) is 23.8 Å². The van der Waals surface area contributed by atoms with E-state index in [4.69, 9.17) is 0 Å². The zero-order valence-corrected chi connectivity index (χ0v) is 14.0. The van der Waals surface area contributed by atoms with Gasteiger partial charge >= 0.3 is 0 Å². The number of aryl methyl sites for hydroxylation is 1. The van der Waals surface area contributed by atoms with Crippen molar-refractivity contribution in [3.63, 3.8) is 0 Å². The number of rotatable bonds is 3. The molecule has 0 N–H and O–H groups in total. The molecule has 6 nitrogen and oxygen atoms in total. The molecule has 0 spiro atoms. The van der Waals surface area contributed by atoms with Gasteiger partial charge in [0.15, 0.2) is 0 Å². The Hall–Kier alpha value is -2.83. The molecular weight excluding hydrogens is 319 g/mol. The predicted molar refractivity (Wildman–Crippen MR) is 92.6 cm³/mol. The second kappa shape index (κ2) is 6.58. The average molecular weight is 338 g/mol. The number of piperidine rings is 1. The summed E-state index contributed by atoms with van der Waals surface area (Å²) >= 11 is 0. The average Bonchev–Trinajstić information content (AvgIpc) is 3.08. The zero-order valence-electron chi connectivity index (χ0n) is 14.0. The molecule has 1 aliphatic heterocycles. The normalized spacial score (nSPS) is 15.5. The minimum atomic E-state index is -0.279. The minimum Gasteiger partial charge on any atom is -0.356 e. The maximum Gasteiger partial charge on any atom is 0.136 e. The van der Waals surface area contributed by atoms with Gasteiger partial charge in [-0.3, -0.25) is 4.98 Å². The van der Waals surface area contributed by atoms with E-state index < -0.39 is 0 Å². The fraction of sp³-hybridized carbons (Fsp3) is 0.333. The molecule has 0 unspecified atom stereocenters. The molecule has 4 heterocycles. The van der Waals surface area contributed by atoms with E-state index in [1.165, 1.54) is 12.3 Å². The molecule has 0 saturated carbocycles. The summed E-state index contributed by atoms with van der Waals surface area (Å²) in [5.74, 6) is 1.95. The Morgan fingerprint density at radius 2 is 1.96 bits per heavy atom. The second-order valence-corrected chi connectivity index (χ2v) is 6.29. The maximum atomic E-state index is 14.2. The Labute approximate surface area is 145 Å². The Balaban J connectivity index is 1.58. The van der Waals surface area contributed by atoms with Crippen molar-refractivity contribution in [1.29, 1.82) is 0 Å². The van der Waals surface area contributed by atoms with Crippen molar-refractivity contribution in [1.82, 2.24) is 24.7 Å². The van der Waals surface area contributed by atoms with Crippen LogP contribution in [-0.4, -0.2) is 37.8 Å². The molecule has 4 rings (SSSR count). The smallest absolute Gasteiger partial charge is 0.136 e. The van der Waals surface area contributed by atoms with Gasteiger partial charge < -0.3 is 9.47 Å². The predicted octanol–water partition coefficient (Wildman–Crippen LogP) is 2.80. The van der Waals surface area contributed by atoms with Crippen LogP contribution in [0, 0.1) is 5.82 Å². The highest BCUT2D eigenvalue weighted by Crippen LogP contribution is 2.34. The van der Waals surface area contributed by atoms with Crippen LogP contribution >= 0.6 is 0 Å². The quantitative estimate of drug-likeness (QED) is 0.735. The van der Waals surface area contributed by atoms with Gasteiger partial charge in [-0.2, -0.15) is 0 Å². The van der Waals surface area contributed by atoms with Crippen molar-refractivity contribution < 1.29 is 4.39 Å².